The van der Waals surface area contributed by atoms with Crippen LogP contribution in [0.4, 0.5) is 5.13 Å². The third-order valence-corrected chi connectivity index (χ3v) is 3.94. The summed E-state index contributed by atoms with van der Waals surface area (Å²) in [5.74, 6) is 0.957. The first-order chi connectivity index (χ1) is 8.88. The van der Waals surface area contributed by atoms with Crippen molar-refractivity contribution in [2.24, 2.45) is 0 Å². The van der Waals surface area contributed by atoms with Gasteiger partial charge in [0.2, 0.25) is 5.13 Å². The second-order valence-corrected chi connectivity index (χ2v) is 5.58. The van der Waals surface area contributed by atoms with E-state index in [9.17, 15) is 0 Å². The maximum Gasteiger partial charge on any atom is 0.202 e. The number of hydrogen-bond donors (Lipinski definition) is 1. The lowest BCUT2D eigenvalue weighted by Crippen LogP contribution is -2.20. The Balaban J connectivity index is 1.59. The van der Waals surface area contributed by atoms with Crippen LogP contribution in [0.25, 0.3) is 0 Å². The number of ether oxygens (including phenoxy) is 1. The monoisotopic (exact) mass is 269 g/mol. The van der Waals surface area contributed by atoms with E-state index >= 15 is 0 Å². The predicted octanol–water partition coefficient (Wildman–Crippen LogP) is 3.25. The molecular weight excluding hydrogens is 246 g/mol. The zero-order valence-electron chi connectivity index (χ0n) is 11.2. The second-order valence-electron chi connectivity index (χ2n) is 4.82. The van der Waals surface area contributed by atoms with Gasteiger partial charge >= 0.3 is 0 Å². The van der Waals surface area contributed by atoms with Gasteiger partial charge in [-0.15, -0.1) is 0 Å². The summed E-state index contributed by atoms with van der Waals surface area (Å²) in [5, 5.41) is 4.20. The van der Waals surface area contributed by atoms with Gasteiger partial charge in [0.05, 0.1) is 12.7 Å². The molecule has 2 rings (SSSR count). The lowest BCUT2D eigenvalue weighted by atomic mass is 9.98. The Labute approximate surface area is 113 Å². The summed E-state index contributed by atoms with van der Waals surface area (Å²) >= 11 is 1.45. The smallest absolute Gasteiger partial charge is 0.202 e. The second kappa shape index (κ2) is 7.69. The summed E-state index contributed by atoms with van der Waals surface area (Å²) in [4.78, 5) is 4.43. The van der Waals surface area contributed by atoms with Crippen LogP contribution >= 0.6 is 11.5 Å². The van der Waals surface area contributed by atoms with Gasteiger partial charge in [-0.3, -0.25) is 0 Å². The maximum absolute atomic E-state index is 5.85. The highest BCUT2D eigenvalue weighted by Crippen LogP contribution is 2.20. The van der Waals surface area contributed by atoms with Crippen LogP contribution in [0, 0.1) is 0 Å². The SMILES string of the molecule is CCCc1nsc(NCCOC2CCCCC2)n1. The van der Waals surface area contributed by atoms with E-state index in [1.54, 1.807) is 0 Å². The van der Waals surface area contributed by atoms with Crippen molar-refractivity contribution in [3.63, 3.8) is 0 Å². The van der Waals surface area contributed by atoms with Gasteiger partial charge < -0.3 is 10.1 Å². The van der Waals surface area contributed by atoms with Gasteiger partial charge in [0.15, 0.2) is 0 Å². The van der Waals surface area contributed by atoms with E-state index in [0.717, 1.165) is 36.9 Å². The van der Waals surface area contributed by atoms with Crippen molar-refractivity contribution in [2.45, 2.75) is 58.0 Å². The van der Waals surface area contributed by atoms with E-state index in [1.807, 2.05) is 0 Å². The third kappa shape index (κ3) is 4.53. The highest BCUT2D eigenvalue weighted by molar-refractivity contribution is 7.09. The molecule has 1 heterocycles. The number of nitrogens with one attached hydrogen (secondary N) is 1. The van der Waals surface area contributed by atoms with Crippen LogP contribution < -0.4 is 5.32 Å². The molecule has 4 nitrogen and oxygen atoms in total. The highest BCUT2D eigenvalue weighted by atomic mass is 32.1. The number of nitrogens with zero attached hydrogens (tertiary/aromatic N) is 2. The van der Waals surface area contributed by atoms with E-state index < -0.39 is 0 Å². The number of aromatic nitrogens is 2. The van der Waals surface area contributed by atoms with Gasteiger partial charge in [-0.05, 0) is 19.3 Å². The van der Waals surface area contributed by atoms with Crippen LogP contribution in [0.5, 0.6) is 0 Å². The van der Waals surface area contributed by atoms with Gasteiger partial charge in [-0.1, -0.05) is 26.2 Å². The highest BCUT2D eigenvalue weighted by Gasteiger charge is 2.13. The topological polar surface area (TPSA) is 47.0 Å². The van der Waals surface area contributed by atoms with Crippen LogP contribution in [0.3, 0.4) is 0 Å². The standard InChI is InChI=1S/C13H23N3OS/c1-2-6-12-15-13(18-16-12)14-9-10-17-11-7-4-3-5-8-11/h11H,2-10H2,1H3,(H,14,15,16). The van der Waals surface area contributed by atoms with Crippen molar-refractivity contribution in [2.75, 3.05) is 18.5 Å². The molecule has 5 heteroatoms. The van der Waals surface area contributed by atoms with E-state index in [2.05, 4.69) is 21.6 Å². The summed E-state index contributed by atoms with van der Waals surface area (Å²) < 4.78 is 10.2. The molecule has 1 aromatic rings. The summed E-state index contributed by atoms with van der Waals surface area (Å²) in [5.41, 5.74) is 0. The van der Waals surface area contributed by atoms with E-state index in [1.165, 1.54) is 43.6 Å². The molecule has 0 spiro atoms. The largest absolute Gasteiger partial charge is 0.376 e. The van der Waals surface area contributed by atoms with Crippen molar-refractivity contribution < 1.29 is 4.74 Å². The molecule has 1 saturated carbocycles. The van der Waals surface area contributed by atoms with Crippen LogP contribution in [-0.4, -0.2) is 28.6 Å². The van der Waals surface area contributed by atoms with Gasteiger partial charge in [-0.2, -0.15) is 4.37 Å². The Kier molecular flexibility index (Phi) is 5.87. The van der Waals surface area contributed by atoms with Crippen molar-refractivity contribution in [3.8, 4) is 0 Å². The van der Waals surface area contributed by atoms with Crippen LogP contribution in [0.2, 0.25) is 0 Å². The summed E-state index contributed by atoms with van der Waals surface area (Å²) in [6, 6.07) is 0. The molecule has 18 heavy (non-hydrogen) atoms. The molecule has 0 unspecified atom stereocenters. The number of anilines is 1. The molecule has 1 fully saturated rings. The molecule has 1 N–H and O–H groups in total. The fourth-order valence-electron chi connectivity index (χ4n) is 2.27. The van der Waals surface area contributed by atoms with Crippen LogP contribution in [0.15, 0.2) is 0 Å². The third-order valence-electron chi connectivity index (χ3n) is 3.23. The Morgan fingerprint density at radius 3 is 2.94 bits per heavy atom. The molecule has 0 bridgehead atoms. The molecule has 0 radical (unpaired) electrons. The maximum atomic E-state index is 5.85. The zero-order chi connectivity index (χ0) is 12.6. The molecule has 102 valence electrons. The fourth-order valence-corrected chi connectivity index (χ4v) is 2.90. The molecule has 1 aliphatic rings. The zero-order valence-corrected chi connectivity index (χ0v) is 12.0. The number of hydrogen-bond acceptors (Lipinski definition) is 5. The van der Waals surface area contributed by atoms with Gasteiger partial charge in [0.25, 0.3) is 0 Å². The van der Waals surface area contributed by atoms with Crippen molar-refractivity contribution >= 4 is 16.7 Å². The molecular formula is C13H23N3OS. The quantitative estimate of drug-likeness (QED) is 0.772. The molecule has 0 atom stereocenters. The Morgan fingerprint density at radius 2 is 2.17 bits per heavy atom. The predicted molar refractivity (Wildman–Crippen MR) is 75.2 cm³/mol. The van der Waals surface area contributed by atoms with E-state index in [4.69, 9.17) is 4.74 Å². The van der Waals surface area contributed by atoms with E-state index in [-0.39, 0.29) is 0 Å². The summed E-state index contributed by atoms with van der Waals surface area (Å²) in [6.07, 6.45) is 9.06. The normalized spacial score (nSPS) is 16.9. The first kappa shape index (κ1) is 13.7. The van der Waals surface area contributed by atoms with Gasteiger partial charge in [-0.25, -0.2) is 4.98 Å². The van der Waals surface area contributed by atoms with Gasteiger partial charge in [0.1, 0.15) is 5.82 Å². The van der Waals surface area contributed by atoms with Crippen molar-refractivity contribution in [1.82, 2.24) is 9.36 Å². The Morgan fingerprint density at radius 1 is 1.33 bits per heavy atom. The number of rotatable bonds is 7. The minimum atomic E-state index is 0.491. The summed E-state index contributed by atoms with van der Waals surface area (Å²) in [7, 11) is 0. The average molecular weight is 269 g/mol. The minimum absolute atomic E-state index is 0.491. The lowest BCUT2D eigenvalue weighted by molar-refractivity contribution is 0.0347. The number of aryl methyl sites for hydroxylation is 1. The van der Waals surface area contributed by atoms with Crippen LogP contribution in [-0.2, 0) is 11.2 Å². The summed E-state index contributed by atoms with van der Waals surface area (Å²) in [6.45, 7) is 3.75. The average Bonchev–Trinajstić information content (AvgIpc) is 2.84. The molecule has 0 saturated heterocycles. The van der Waals surface area contributed by atoms with Crippen molar-refractivity contribution in [1.29, 1.82) is 0 Å². The lowest BCUT2D eigenvalue weighted by Gasteiger charge is -2.21. The van der Waals surface area contributed by atoms with Crippen molar-refractivity contribution in [3.05, 3.63) is 5.82 Å². The van der Waals surface area contributed by atoms with Crippen LogP contribution in [0.1, 0.15) is 51.3 Å². The molecule has 1 aromatic heterocycles. The Bertz CT molecular complexity index is 337. The minimum Gasteiger partial charge on any atom is -0.376 e. The van der Waals surface area contributed by atoms with E-state index in [0.29, 0.717) is 6.10 Å². The Hall–Kier alpha value is -0.680. The van der Waals surface area contributed by atoms with Gasteiger partial charge in [0, 0.05) is 24.5 Å². The molecule has 0 aliphatic heterocycles. The first-order valence-electron chi connectivity index (χ1n) is 7.06. The molecule has 1 aliphatic carbocycles. The first-order valence-corrected chi connectivity index (χ1v) is 7.84. The molecule has 0 amide bonds. The molecule has 0 aromatic carbocycles. The fraction of sp³-hybridized carbons (Fsp3) is 0.846.